The first kappa shape index (κ1) is 18.2. The number of thiazole rings is 1. The van der Waals surface area contributed by atoms with Gasteiger partial charge in [0.05, 0.1) is 17.4 Å². The molecule has 5 rings (SSSR count). The summed E-state index contributed by atoms with van der Waals surface area (Å²) in [7, 11) is 0. The second kappa shape index (κ2) is 7.53. The van der Waals surface area contributed by atoms with E-state index in [1.807, 2.05) is 10.8 Å². The Morgan fingerprint density at radius 1 is 1.17 bits per heavy atom. The van der Waals surface area contributed by atoms with E-state index in [1.165, 1.54) is 51.1 Å². The lowest BCUT2D eigenvalue weighted by molar-refractivity contribution is -0.116. The zero-order chi connectivity index (χ0) is 19.8. The van der Waals surface area contributed by atoms with Crippen LogP contribution in [0.15, 0.2) is 46.1 Å². The quantitative estimate of drug-likeness (QED) is 0.525. The first-order chi connectivity index (χ1) is 14.2. The minimum atomic E-state index is -0.169. The molecule has 1 aromatic carbocycles. The Morgan fingerprint density at radius 3 is 3.00 bits per heavy atom. The fraction of sp³-hybridized carbons (Fsp3) is 0.238. The number of thiophene rings is 1. The summed E-state index contributed by atoms with van der Waals surface area (Å²) in [5.74, 6) is -0.169. The highest BCUT2D eigenvalue weighted by Gasteiger charge is 2.14. The number of fused-ring (bicyclic) bond motifs is 2. The van der Waals surface area contributed by atoms with Gasteiger partial charge in [-0.15, -0.1) is 22.7 Å². The summed E-state index contributed by atoms with van der Waals surface area (Å²) in [6.07, 6.45) is 5.19. The Bertz CT molecular complexity index is 1270. The minimum absolute atomic E-state index is 0.114. The van der Waals surface area contributed by atoms with E-state index < -0.39 is 0 Å². The number of nitrogens with zero attached hydrogens (tertiary/aromatic N) is 3. The second-order valence-corrected chi connectivity index (χ2v) is 8.81. The van der Waals surface area contributed by atoms with Crippen LogP contribution in [0.4, 0.5) is 5.13 Å². The first-order valence-electron chi connectivity index (χ1n) is 9.47. The van der Waals surface area contributed by atoms with E-state index in [2.05, 4.69) is 33.5 Å². The van der Waals surface area contributed by atoms with Crippen LogP contribution in [0.1, 0.15) is 24.0 Å². The average molecular weight is 423 g/mol. The SMILES string of the molecule is O=C(CCn1cnc2sccc2c1=O)Nc1nc(-c2ccc3c(c2)CCC3)cs1. The van der Waals surface area contributed by atoms with Gasteiger partial charge in [0.25, 0.3) is 5.56 Å². The van der Waals surface area contributed by atoms with Gasteiger partial charge in [0, 0.05) is 23.9 Å². The summed E-state index contributed by atoms with van der Waals surface area (Å²) in [4.78, 5) is 34.3. The number of rotatable bonds is 5. The molecular formula is C21H18N4O2S2. The monoisotopic (exact) mass is 422 g/mol. The lowest BCUT2D eigenvalue weighted by atomic mass is 10.1. The van der Waals surface area contributed by atoms with Gasteiger partial charge in [-0.2, -0.15) is 0 Å². The number of amides is 1. The number of nitrogens with one attached hydrogen (secondary N) is 1. The van der Waals surface area contributed by atoms with E-state index >= 15 is 0 Å². The Kier molecular flexibility index (Phi) is 4.73. The maximum Gasteiger partial charge on any atom is 0.262 e. The van der Waals surface area contributed by atoms with Crippen molar-refractivity contribution in [1.29, 1.82) is 0 Å². The molecule has 0 bridgehead atoms. The molecule has 0 fully saturated rings. The number of carbonyl (C=O) groups is 1. The molecule has 146 valence electrons. The van der Waals surface area contributed by atoms with Crippen LogP contribution in [-0.2, 0) is 24.2 Å². The maximum atomic E-state index is 12.4. The molecule has 0 spiro atoms. The Hall–Kier alpha value is -2.84. The van der Waals surface area contributed by atoms with Crippen LogP contribution in [0.5, 0.6) is 0 Å². The summed E-state index contributed by atoms with van der Waals surface area (Å²) < 4.78 is 1.48. The summed E-state index contributed by atoms with van der Waals surface area (Å²) >= 11 is 2.84. The summed E-state index contributed by atoms with van der Waals surface area (Å²) in [6, 6.07) is 8.26. The van der Waals surface area contributed by atoms with Gasteiger partial charge in [0.2, 0.25) is 5.91 Å². The molecule has 1 aliphatic rings. The van der Waals surface area contributed by atoms with Gasteiger partial charge in [-0.1, -0.05) is 12.1 Å². The van der Waals surface area contributed by atoms with Crippen molar-refractivity contribution in [2.45, 2.75) is 32.2 Å². The molecule has 0 aliphatic heterocycles. The van der Waals surface area contributed by atoms with E-state index in [0.717, 1.165) is 28.9 Å². The lowest BCUT2D eigenvalue weighted by Crippen LogP contribution is -2.23. The van der Waals surface area contributed by atoms with E-state index in [9.17, 15) is 9.59 Å². The number of benzene rings is 1. The van der Waals surface area contributed by atoms with Crippen LogP contribution >= 0.6 is 22.7 Å². The van der Waals surface area contributed by atoms with Crippen LogP contribution in [-0.4, -0.2) is 20.4 Å². The van der Waals surface area contributed by atoms with Crippen molar-refractivity contribution in [3.8, 4) is 11.3 Å². The van der Waals surface area contributed by atoms with Crippen LogP contribution < -0.4 is 10.9 Å². The van der Waals surface area contributed by atoms with Crippen molar-refractivity contribution in [2.75, 3.05) is 5.32 Å². The molecule has 1 aliphatic carbocycles. The van der Waals surface area contributed by atoms with Gasteiger partial charge >= 0.3 is 0 Å². The highest BCUT2D eigenvalue weighted by molar-refractivity contribution is 7.16. The first-order valence-corrected chi connectivity index (χ1v) is 11.2. The molecule has 3 heterocycles. The predicted molar refractivity (Wildman–Crippen MR) is 117 cm³/mol. The van der Waals surface area contributed by atoms with Crippen molar-refractivity contribution in [2.24, 2.45) is 0 Å². The zero-order valence-electron chi connectivity index (χ0n) is 15.6. The van der Waals surface area contributed by atoms with Gasteiger partial charge in [-0.3, -0.25) is 14.2 Å². The second-order valence-electron chi connectivity index (χ2n) is 7.06. The molecule has 29 heavy (non-hydrogen) atoms. The summed E-state index contributed by atoms with van der Waals surface area (Å²) in [5, 5.41) is 7.82. The molecule has 1 N–H and O–H groups in total. The fourth-order valence-electron chi connectivity index (χ4n) is 3.65. The van der Waals surface area contributed by atoms with Gasteiger partial charge in [0.15, 0.2) is 5.13 Å². The standard InChI is InChI=1S/C21H18N4O2S2/c26-18(6-8-25-12-22-19-16(20(25)27)7-9-28-19)24-21-23-17(11-29-21)15-5-4-13-2-1-3-14(13)10-15/h4-5,7,9-12H,1-3,6,8H2,(H,23,24,26). The molecule has 6 nitrogen and oxygen atoms in total. The number of aromatic nitrogens is 3. The van der Waals surface area contributed by atoms with Crippen molar-refractivity contribution in [3.05, 3.63) is 62.8 Å². The van der Waals surface area contributed by atoms with Crippen molar-refractivity contribution >= 4 is 43.9 Å². The van der Waals surface area contributed by atoms with E-state index in [4.69, 9.17) is 0 Å². The molecule has 0 saturated carbocycles. The van der Waals surface area contributed by atoms with Crippen LogP contribution in [0, 0.1) is 0 Å². The smallest absolute Gasteiger partial charge is 0.262 e. The van der Waals surface area contributed by atoms with Gasteiger partial charge < -0.3 is 5.32 Å². The van der Waals surface area contributed by atoms with Crippen LogP contribution in [0.3, 0.4) is 0 Å². The Labute approximate surface area is 174 Å². The number of carbonyl (C=O) groups excluding carboxylic acids is 1. The molecule has 3 aromatic heterocycles. The third kappa shape index (κ3) is 3.61. The number of aryl methyl sites for hydroxylation is 3. The molecule has 0 atom stereocenters. The number of anilines is 1. The molecule has 8 heteroatoms. The lowest BCUT2D eigenvalue weighted by Gasteiger charge is -2.05. The van der Waals surface area contributed by atoms with Crippen molar-refractivity contribution in [3.63, 3.8) is 0 Å². The van der Waals surface area contributed by atoms with Gasteiger partial charge in [0.1, 0.15) is 4.83 Å². The molecule has 0 saturated heterocycles. The topological polar surface area (TPSA) is 76.9 Å². The fourth-order valence-corrected chi connectivity index (χ4v) is 5.11. The predicted octanol–water partition coefficient (Wildman–Crippen LogP) is 4.10. The van der Waals surface area contributed by atoms with Crippen molar-refractivity contribution < 1.29 is 4.79 Å². The van der Waals surface area contributed by atoms with Crippen molar-refractivity contribution in [1.82, 2.24) is 14.5 Å². The van der Waals surface area contributed by atoms with Gasteiger partial charge in [-0.25, -0.2) is 9.97 Å². The average Bonchev–Trinajstić information content (AvgIpc) is 3.47. The zero-order valence-corrected chi connectivity index (χ0v) is 17.2. The molecule has 4 aromatic rings. The summed E-state index contributed by atoms with van der Waals surface area (Å²) in [5.41, 5.74) is 4.69. The highest BCUT2D eigenvalue weighted by atomic mass is 32.1. The number of hydrogen-bond acceptors (Lipinski definition) is 6. The molecule has 1 amide bonds. The third-order valence-corrected chi connectivity index (χ3v) is 6.75. The Morgan fingerprint density at radius 2 is 2.07 bits per heavy atom. The number of hydrogen-bond donors (Lipinski definition) is 1. The van der Waals surface area contributed by atoms with E-state index in [1.54, 1.807) is 6.07 Å². The Balaban J connectivity index is 1.24. The minimum Gasteiger partial charge on any atom is -0.302 e. The van der Waals surface area contributed by atoms with E-state index in [-0.39, 0.29) is 24.4 Å². The molecule has 0 radical (unpaired) electrons. The molecule has 0 unspecified atom stereocenters. The maximum absolute atomic E-state index is 12.4. The highest BCUT2D eigenvalue weighted by Crippen LogP contribution is 2.30. The summed E-state index contributed by atoms with van der Waals surface area (Å²) in [6.45, 7) is 0.284. The van der Waals surface area contributed by atoms with E-state index in [0.29, 0.717) is 10.5 Å². The largest absolute Gasteiger partial charge is 0.302 e. The third-order valence-electron chi connectivity index (χ3n) is 5.17. The molecular weight excluding hydrogens is 404 g/mol. The van der Waals surface area contributed by atoms with Gasteiger partial charge in [-0.05, 0) is 47.9 Å². The van der Waals surface area contributed by atoms with Crippen LogP contribution in [0.25, 0.3) is 21.5 Å². The van der Waals surface area contributed by atoms with Crippen LogP contribution in [0.2, 0.25) is 0 Å². The normalized spacial score (nSPS) is 13.0.